The van der Waals surface area contributed by atoms with Crippen LogP contribution >= 0.6 is 0 Å². The van der Waals surface area contributed by atoms with Crippen molar-refractivity contribution in [2.24, 2.45) is 0 Å². The first kappa shape index (κ1) is 18.2. The maximum atomic E-state index is 13.6. The topological polar surface area (TPSA) is 55.8 Å². The number of anilines is 1. The van der Waals surface area contributed by atoms with Gasteiger partial charge in [0, 0.05) is 27.2 Å². The van der Waals surface area contributed by atoms with E-state index < -0.39 is 5.60 Å². The van der Waals surface area contributed by atoms with Crippen molar-refractivity contribution in [2.75, 3.05) is 38.6 Å². The fourth-order valence-corrected chi connectivity index (χ4v) is 2.18. The van der Waals surface area contributed by atoms with Gasteiger partial charge in [0.1, 0.15) is 5.82 Å². The zero-order valence-corrected chi connectivity index (χ0v) is 13.8. The Morgan fingerprint density at radius 1 is 1.32 bits per heavy atom. The van der Waals surface area contributed by atoms with Crippen LogP contribution in [0, 0.1) is 5.82 Å². The highest BCUT2D eigenvalue weighted by atomic mass is 19.1. The second-order valence-corrected chi connectivity index (χ2v) is 6.13. The summed E-state index contributed by atoms with van der Waals surface area (Å²) in [6, 6.07) is 6.38. The van der Waals surface area contributed by atoms with Crippen molar-refractivity contribution in [3.05, 3.63) is 30.1 Å². The van der Waals surface area contributed by atoms with E-state index in [2.05, 4.69) is 5.32 Å². The van der Waals surface area contributed by atoms with Gasteiger partial charge in [-0.15, -0.1) is 0 Å². The van der Waals surface area contributed by atoms with Crippen LogP contribution in [-0.2, 0) is 0 Å². The number of nitrogens with zero attached hydrogens (tertiary/aromatic N) is 2. The zero-order valence-electron chi connectivity index (χ0n) is 13.8. The van der Waals surface area contributed by atoms with Gasteiger partial charge in [0.25, 0.3) is 0 Å². The molecule has 1 aromatic rings. The number of rotatable bonds is 7. The standard InChI is InChI=1S/C16H26FN3O2/c1-16(2,22)12-20(4)15(21)18-10-7-11-19(3)14-9-6-5-8-13(14)17/h5-6,8-9,22H,7,10-12H2,1-4H3,(H,18,21). The monoisotopic (exact) mass is 311 g/mol. The van der Waals surface area contributed by atoms with Gasteiger partial charge in [0.05, 0.1) is 17.8 Å². The average molecular weight is 311 g/mol. The molecule has 5 nitrogen and oxygen atoms in total. The number of hydrogen-bond acceptors (Lipinski definition) is 3. The molecule has 0 heterocycles. The van der Waals surface area contributed by atoms with Crippen LogP contribution in [0.25, 0.3) is 0 Å². The molecule has 1 aromatic carbocycles. The summed E-state index contributed by atoms with van der Waals surface area (Å²) in [4.78, 5) is 15.1. The smallest absolute Gasteiger partial charge is 0.317 e. The van der Waals surface area contributed by atoms with Crippen molar-refractivity contribution in [1.29, 1.82) is 0 Å². The normalized spacial score (nSPS) is 11.2. The Labute approximate surface area is 131 Å². The number of likely N-dealkylation sites (N-methyl/N-ethyl adjacent to an activating group) is 1. The first-order chi connectivity index (χ1) is 10.2. The van der Waals surface area contributed by atoms with Crippen molar-refractivity contribution in [2.45, 2.75) is 25.9 Å². The fraction of sp³-hybridized carbons (Fsp3) is 0.562. The maximum Gasteiger partial charge on any atom is 0.317 e. The van der Waals surface area contributed by atoms with E-state index in [-0.39, 0.29) is 18.4 Å². The largest absolute Gasteiger partial charge is 0.389 e. The van der Waals surface area contributed by atoms with Crippen LogP contribution in [0.2, 0.25) is 0 Å². The molecule has 0 aliphatic heterocycles. The third-order valence-electron chi connectivity index (χ3n) is 3.18. The van der Waals surface area contributed by atoms with Gasteiger partial charge < -0.3 is 20.2 Å². The number of aliphatic hydroxyl groups is 1. The molecule has 0 radical (unpaired) electrons. The molecule has 0 spiro atoms. The van der Waals surface area contributed by atoms with Gasteiger partial charge in [-0.25, -0.2) is 9.18 Å². The summed E-state index contributed by atoms with van der Waals surface area (Å²) in [6.45, 7) is 4.69. The Hall–Kier alpha value is -1.82. The molecule has 2 amide bonds. The molecule has 0 atom stereocenters. The highest BCUT2D eigenvalue weighted by Crippen LogP contribution is 2.16. The van der Waals surface area contributed by atoms with E-state index in [4.69, 9.17) is 0 Å². The maximum absolute atomic E-state index is 13.6. The van der Waals surface area contributed by atoms with Gasteiger partial charge in [0.2, 0.25) is 0 Å². The van der Waals surface area contributed by atoms with E-state index in [1.54, 1.807) is 39.1 Å². The average Bonchev–Trinajstić information content (AvgIpc) is 2.41. The van der Waals surface area contributed by atoms with Crippen molar-refractivity contribution >= 4 is 11.7 Å². The SMILES string of the molecule is CN(CC(C)(C)O)C(=O)NCCCN(C)c1ccccc1F. The summed E-state index contributed by atoms with van der Waals surface area (Å²) in [6.07, 6.45) is 0.701. The molecular formula is C16H26FN3O2. The Kier molecular flexibility index (Phi) is 6.61. The summed E-state index contributed by atoms with van der Waals surface area (Å²) in [5.74, 6) is -0.251. The molecule has 0 unspecified atom stereocenters. The van der Waals surface area contributed by atoms with E-state index in [1.807, 2.05) is 11.9 Å². The van der Waals surface area contributed by atoms with Crippen molar-refractivity contribution in [1.82, 2.24) is 10.2 Å². The Morgan fingerprint density at radius 3 is 2.55 bits per heavy atom. The van der Waals surface area contributed by atoms with Gasteiger partial charge in [0.15, 0.2) is 0 Å². The lowest BCUT2D eigenvalue weighted by atomic mass is 10.1. The Morgan fingerprint density at radius 2 is 1.95 bits per heavy atom. The van der Waals surface area contributed by atoms with E-state index in [0.29, 0.717) is 25.2 Å². The van der Waals surface area contributed by atoms with Gasteiger partial charge in [-0.1, -0.05) is 12.1 Å². The minimum atomic E-state index is -0.920. The molecule has 0 saturated carbocycles. The minimum Gasteiger partial charge on any atom is -0.389 e. The van der Waals surface area contributed by atoms with Crippen LogP contribution in [0.3, 0.4) is 0 Å². The highest BCUT2D eigenvalue weighted by Gasteiger charge is 2.18. The molecule has 0 aliphatic rings. The molecule has 0 bridgehead atoms. The van der Waals surface area contributed by atoms with Crippen LogP contribution in [0.1, 0.15) is 20.3 Å². The minimum absolute atomic E-state index is 0.226. The summed E-state index contributed by atoms with van der Waals surface area (Å²) in [7, 11) is 3.46. The number of carbonyl (C=O) groups is 1. The van der Waals surface area contributed by atoms with Crippen LogP contribution in [0.4, 0.5) is 14.9 Å². The molecule has 1 rings (SSSR count). The van der Waals surface area contributed by atoms with E-state index in [1.165, 1.54) is 11.0 Å². The first-order valence-corrected chi connectivity index (χ1v) is 7.38. The van der Waals surface area contributed by atoms with E-state index in [9.17, 15) is 14.3 Å². The molecule has 2 N–H and O–H groups in total. The molecular weight excluding hydrogens is 285 g/mol. The molecule has 6 heteroatoms. The molecule has 0 saturated heterocycles. The summed E-state index contributed by atoms with van der Waals surface area (Å²) in [5, 5.41) is 12.5. The summed E-state index contributed by atoms with van der Waals surface area (Å²) in [5.41, 5.74) is -0.370. The highest BCUT2D eigenvalue weighted by molar-refractivity contribution is 5.73. The molecule has 0 aliphatic carbocycles. The Bertz CT molecular complexity index is 489. The molecule has 124 valence electrons. The number of nitrogens with one attached hydrogen (secondary N) is 1. The Balaban J connectivity index is 2.30. The number of urea groups is 1. The third-order valence-corrected chi connectivity index (χ3v) is 3.18. The van der Waals surface area contributed by atoms with Crippen LogP contribution < -0.4 is 10.2 Å². The second kappa shape index (κ2) is 7.98. The third kappa shape index (κ3) is 6.30. The zero-order chi connectivity index (χ0) is 16.8. The fourth-order valence-electron chi connectivity index (χ4n) is 2.18. The van der Waals surface area contributed by atoms with Gasteiger partial charge in [-0.3, -0.25) is 0 Å². The number of amides is 2. The lowest BCUT2D eigenvalue weighted by Gasteiger charge is -2.26. The predicted octanol–water partition coefficient (Wildman–Crippen LogP) is 2.06. The van der Waals surface area contributed by atoms with Crippen molar-refractivity contribution in [3.8, 4) is 0 Å². The number of hydrogen-bond donors (Lipinski definition) is 2. The second-order valence-electron chi connectivity index (χ2n) is 6.13. The number of halogens is 1. The number of benzene rings is 1. The lowest BCUT2D eigenvalue weighted by Crippen LogP contribution is -2.45. The lowest BCUT2D eigenvalue weighted by molar-refractivity contribution is 0.0532. The van der Waals surface area contributed by atoms with Crippen LogP contribution in [0.15, 0.2) is 24.3 Å². The molecule has 0 aromatic heterocycles. The van der Waals surface area contributed by atoms with Crippen LogP contribution in [-0.4, -0.2) is 55.4 Å². The van der Waals surface area contributed by atoms with Gasteiger partial charge >= 0.3 is 6.03 Å². The first-order valence-electron chi connectivity index (χ1n) is 7.38. The number of carbonyl (C=O) groups excluding carboxylic acids is 1. The van der Waals surface area contributed by atoms with Crippen LogP contribution in [0.5, 0.6) is 0 Å². The van der Waals surface area contributed by atoms with Gasteiger partial charge in [-0.05, 0) is 32.4 Å². The molecule has 22 heavy (non-hydrogen) atoms. The predicted molar refractivity (Wildman–Crippen MR) is 86.6 cm³/mol. The van der Waals surface area contributed by atoms with Crippen molar-refractivity contribution in [3.63, 3.8) is 0 Å². The van der Waals surface area contributed by atoms with E-state index in [0.717, 1.165) is 0 Å². The molecule has 0 fully saturated rings. The van der Waals surface area contributed by atoms with E-state index >= 15 is 0 Å². The summed E-state index contributed by atoms with van der Waals surface area (Å²) < 4.78 is 13.6. The quantitative estimate of drug-likeness (QED) is 0.758. The number of para-hydroxylation sites is 1. The van der Waals surface area contributed by atoms with Crippen molar-refractivity contribution < 1.29 is 14.3 Å². The summed E-state index contributed by atoms with van der Waals surface area (Å²) >= 11 is 0. The van der Waals surface area contributed by atoms with Gasteiger partial charge in [-0.2, -0.15) is 0 Å².